The number of hydrogen-bond donors (Lipinski definition) is 2. The number of carbonyl (C=O) groups excluding carboxylic acids is 1. The molecule has 158 valence electrons. The first kappa shape index (κ1) is 23.0. The maximum atomic E-state index is 12.4. The molecule has 1 amide bonds. The number of anilines is 1. The van der Waals surface area contributed by atoms with Crippen LogP contribution in [0, 0.1) is 0 Å². The number of thioether (sulfide) groups is 1. The summed E-state index contributed by atoms with van der Waals surface area (Å²) in [5, 5.41) is 11.2. The molecule has 0 aliphatic heterocycles. The van der Waals surface area contributed by atoms with E-state index < -0.39 is 10.0 Å². The Labute approximate surface area is 192 Å². The summed E-state index contributed by atoms with van der Waals surface area (Å²) in [4.78, 5) is 12.1. The third-order valence-corrected chi connectivity index (χ3v) is 7.97. The highest BCUT2D eigenvalue weighted by Crippen LogP contribution is 2.25. The van der Waals surface area contributed by atoms with Gasteiger partial charge in [0.25, 0.3) is 15.9 Å². The number of benzene rings is 2. The number of carbonyl (C=O) groups is 1. The minimum Gasteiger partial charge on any atom is -0.296 e. The van der Waals surface area contributed by atoms with Crippen LogP contribution in [0.15, 0.2) is 52.9 Å². The Hall–Kier alpha value is -1.69. The van der Waals surface area contributed by atoms with Gasteiger partial charge in [0.15, 0.2) is 0 Å². The van der Waals surface area contributed by atoms with Crippen molar-refractivity contribution in [2.75, 3.05) is 17.6 Å². The van der Waals surface area contributed by atoms with Crippen molar-refractivity contribution in [3.05, 3.63) is 69.7 Å². The molecule has 1 heterocycles. The third-order valence-electron chi connectivity index (χ3n) is 3.70. The van der Waals surface area contributed by atoms with Gasteiger partial charge in [0.2, 0.25) is 9.47 Å². The monoisotopic (exact) mass is 502 g/mol. The highest BCUT2D eigenvalue weighted by Gasteiger charge is 2.20. The van der Waals surface area contributed by atoms with Crippen LogP contribution < -0.4 is 10.0 Å². The van der Waals surface area contributed by atoms with Crippen molar-refractivity contribution in [2.24, 2.45) is 0 Å². The highest BCUT2D eigenvalue weighted by molar-refractivity contribution is 7.98. The summed E-state index contributed by atoms with van der Waals surface area (Å²) in [5.41, 5.74) is 1.37. The SMILES string of the molecule is O=C(Nc1nnc(S(=O)(=O)NCCSCc2ccc(Cl)cc2Cl)s1)c1ccccc1. The van der Waals surface area contributed by atoms with Crippen LogP contribution in [-0.2, 0) is 15.8 Å². The number of hydrogen-bond acceptors (Lipinski definition) is 7. The normalized spacial score (nSPS) is 11.4. The van der Waals surface area contributed by atoms with E-state index in [0.29, 0.717) is 27.1 Å². The quantitative estimate of drug-likeness (QED) is 0.334. The molecule has 0 bridgehead atoms. The van der Waals surface area contributed by atoms with Gasteiger partial charge in [-0.15, -0.1) is 10.2 Å². The first-order valence-corrected chi connectivity index (χ1v) is 12.8. The first-order chi connectivity index (χ1) is 14.3. The average Bonchev–Trinajstić information content (AvgIpc) is 3.19. The van der Waals surface area contributed by atoms with E-state index in [1.165, 1.54) is 11.8 Å². The van der Waals surface area contributed by atoms with Crippen LogP contribution in [0.2, 0.25) is 10.0 Å². The lowest BCUT2D eigenvalue weighted by Gasteiger charge is -2.06. The van der Waals surface area contributed by atoms with Crippen LogP contribution in [0.1, 0.15) is 15.9 Å². The van der Waals surface area contributed by atoms with Crippen LogP contribution in [0.3, 0.4) is 0 Å². The van der Waals surface area contributed by atoms with Crippen LogP contribution >= 0.6 is 46.3 Å². The molecule has 1 aromatic heterocycles. The summed E-state index contributed by atoms with van der Waals surface area (Å²) in [6, 6.07) is 13.8. The zero-order chi connectivity index (χ0) is 21.6. The zero-order valence-corrected chi connectivity index (χ0v) is 19.3. The first-order valence-electron chi connectivity index (χ1n) is 8.56. The number of halogens is 2. The molecule has 7 nitrogen and oxygen atoms in total. The second-order valence-corrected chi connectivity index (χ2v) is 10.7. The minimum atomic E-state index is -3.81. The van der Waals surface area contributed by atoms with Crippen LogP contribution in [0.4, 0.5) is 5.13 Å². The maximum Gasteiger partial charge on any atom is 0.269 e. The van der Waals surface area contributed by atoms with Gasteiger partial charge < -0.3 is 0 Å². The fraction of sp³-hybridized carbons (Fsp3) is 0.167. The molecule has 0 atom stereocenters. The summed E-state index contributed by atoms with van der Waals surface area (Å²) in [6.45, 7) is 0.212. The molecule has 2 aromatic carbocycles. The number of amides is 1. The van der Waals surface area contributed by atoms with Gasteiger partial charge in [-0.2, -0.15) is 11.8 Å². The van der Waals surface area contributed by atoms with Gasteiger partial charge in [0, 0.05) is 33.7 Å². The number of nitrogens with zero attached hydrogens (tertiary/aromatic N) is 2. The van der Waals surface area contributed by atoms with E-state index >= 15 is 0 Å². The van der Waals surface area contributed by atoms with Crippen molar-refractivity contribution in [1.82, 2.24) is 14.9 Å². The summed E-state index contributed by atoms with van der Waals surface area (Å²) >= 11 is 14.3. The Kier molecular flexibility index (Phi) is 8.09. The Morgan fingerprint density at radius 3 is 2.60 bits per heavy atom. The lowest BCUT2D eigenvalue weighted by molar-refractivity contribution is 0.102. The van der Waals surface area contributed by atoms with E-state index in [9.17, 15) is 13.2 Å². The van der Waals surface area contributed by atoms with E-state index in [4.69, 9.17) is 23.2 Å². The number of sulfonamides is 1. The molecule has 0 spiro atoms. The topological polar surface area (TPSA) is 101 Å². The van der Waals surface area contributed by atoms with Crippen molar-refractivity contribution in [1.29, 1.82) is 0 Å². The predicted molar refractivity (Wildman–Crippen MR) is 122 cm³/mol. The third kappa shape index (κ3) is 6.40. The van der Waals surface area contributed by atoms with Gasteiger partial charge in [-0.3, -0.25) is 10.1 Å². The smallest absolute Gasteiger partial charge is 0.269 e. The molecule has 0 aliphatic carbocycles. The van der Waals surface area contributed by atoms with Gasteiger partial charge in [-0.25, -0.2) is 13.1 Å². The predicted octanol–water partition coefficient (Wildman–Crippen LogP) is 4.31. The summed E-state index contributed by atoms with van der Waals surface area (Å²) < 4.78 is 27.0. The molecule has 3 rings (SSSR count). The van der Waals surface area contributed by atoms with E-state index in [-0.39, 0.29) is 21.9 Å². The molecule has 12 heteroatoms. The fourth-order valence-corrected chi connectivity index (χ4v) is 5.77. The molecule has 0 radical (unpaired) electrons. The number of rotatable bonds is 9. The second-order valence-electron chi connectivity index (χ2n) is 5.88. The Bertz CT molecular complexity index is 1120. The molecule has 30 heavy (non-hydrogen) atoms. The van der Waals surface area contributed by atoms with Gasteiger partial charge in [-0.05, 0) is 29.8 Å². The molecular weight excluding hydrogens is 487 g/mol. The van der Waals surface area contributed by atoms with Gasteiger partial charge in [0.1, 0.15) is 0 Å². The molecule has 3 aromatic rings. The Morgan fingerprint density at radius 1 is 1.10 bits per heavy atom. The highest BCUT2D eigenvalue weighted by atomic mass is 35.5. The molecule has 0 saturated carbocycles. The van der Waals surface area contributed by atoms with Crippen LogP contribution in [0.25, 0.3) is 0 Å². The lowest BCUT2D eigenvalue weighted by atomic mass is 10.2. The zero-order valence-electron chi connectivity index (χ0n) is 15.3. The van der Waals surface area contributed by atoms with E-state index in [0.717, 1.165) is 16.9 Å². The van der Waals surface area contributed by atoms with E-state index in [2.05, 4.69) is 20.2 Å². The van der Waals surface area contributed by atoms with Crippen molar-refractivity contribution < 1.29 is 13.2 Å². The minimum absolute atomic E-state index is 0.107. The van der Waals surface area contributed by atoms with E-state index in [1.54, 1.807) is 42.5 Å². The fourth-order valence-electron chi connectivity index (χ4n) is 2.26. The molecule has 2 N–H and O–H groups in total. The van der Waals surface area contributed by atoms with Crippen LogP contribution in [0.5, 0.6) is 0 Å². The molecule has 0 fully saturated rings. The van der Waals surface area contributed by atoms with Crippen LogP contribution in [-0.4, -0.2) is 36.8 Å². The van der Waals surface area contributed by atoms with Gasteiger partial charge in [0.05, 0.1) is 0 Å². The molecular formula is C18H16Cl2N4O3S3. The summed E-state index contributed by atoms with van der Waals surface area (Å²) in [7, 11) is -3.81. The Balaban J connectivity index is 1.48. The standard InChI is InChI=1S/C18H16Cl2N4O3S3/c19-14-7-6-13(15(20)10-14)11-28-9-8-21-30(26,27)18-24-23-17(29-18)22-16(25)12-4-2-1-3-5-12/h1-7,10,21H,8-9,11H2,(H,22,23,25). The summed E-state index contributed by atoms with van der Waals surface area (Å²) in [5.74, 6) is 0.779. The van der Waals surface area contributed by atoms with Crippen molar-refractivity contribution in [3.63, 3.8) is 0 Å². The number of aromatic nitrogens is 2. The summed E-state index contributed by atoms with van der Waals surface area (Å²) in [6.07, 6.45) is 0. The van der Waals surface area contributed by atoms with Crippen molar-refractivity contribution >= 4 is 67.4 Å². The Morgan fingerprint density at radius 2 is 1.87 bits per heavy atom. The van der Waals surface area contributed by atoms with Gasteiger partial charge in [-0.1, -0.05) is 58.8 Å². The van der Waals surface area contributed by atoms with Crippen molar-refractivity contribution in [3.8, 4) is 0 Å². The number of nitrogens with one attached hydrogen (secondary N) is 2. The van der Waals surface area contributed by atoms with Crippen molar-refractivity contribution in [2.45, 2.75) is 10.1 Å². The molecule has 0 aliphatic rings. The molecule has 0 unspecified atom stereocenters. The largest absolute Gasteiger partial charge is 0.296 e. The second kappa shape index (κ2) is 10.6. The maximum absolute atomic E-state index is 12.4. The van der Waals surface area contributed by atoms with Gasteiger partial charge >= 0.3 is 0 Å². The average molecular weight is 503 g/mol. The van der Waals surface area contributed by atoms with E-state index in [1.807, 2.05) is 6.07 Å². The molecule has 0 saturated heterocycles. The lowest BCUT2D eigenvalue weighted by Crippen LogP contribution is -2.26.